The molecule has 0 saturated heterocycles. The van der Waals surface area contributed by atoms with Gasteiger partial charge in [0.25, 0.3) is 0 Å². The van der Waals surface area contributed by atoms with Crippen LogP contribution in [0.1, 0.15) is 22.2 Å². The zero-order valence-electron chi connectivity index (χ0n) is 9.90. The molecule has 0 aromatic carbocycles. The van der Waals surface area contributed by atoms with Crippen molar-refractivity contribution in [3.63, 3.8) is 0 Å². The molecule has 2 heterocycles. The second kappa shape index (κ2) is 4.80. The third-order valence-corrected chi connectivity index (χ3v) is 4.87. The van der Waals surface area contributed by atoms with Crippen LogP contribution in [-0.2, 0) is 7.05 Å². The Kier molecular flexibility index (Phi) is 3.56. The first-order valence-electron chi connectivity index (χ1n) is 5.12. The molecule has 92 valence electrons. The Bertz CT molecular complexity index is 515. The number of methoxy groups -OCH3 is 1. The van der Waals surface area contributed by atoms with Crippen LogP contribution in [0.15, 0.2) is 16.0 Å². The number of hydrogen-bond donors (Lipinski definition) is 1. The van der Waals surface area contributed by atoms with Gasteiger partial charge in [-0.1, -0.05) is 0 Å². The van der Waals surface area contributed by atoms with Gasteiger partial charge in [0, 0.05) is 11.9 Å². The summed E-state index contributed by atoms with van der Waals surface area (Å²) in [5.74, 6) is 0.724. The molecule has 4 nitrogen and oxygen atoms in total. The van der Waals surface area contributed by atoms with Crippen LogP contribution in [0.25, 0.3) is 0 Å². The molecule has 0 radical (unpaired) electrons. The van der Waals surface area contributed by atoms with Crippen LogP contribution in [0.5, 0.6) is 5.75 Å². The summed E-state index contributed by atoms with van der Waals surface area (Å²) in [4.78, 5) is 1.09. The first-order valence-corrected chi connectivity index (χ1v) is 6.72. The Hall–Kier alpha value is -0.850. The molecule has 0 aliphatic rings. The maximum Gasteiger partial charge on any atom is 0.161 e. The average Bonchev–Trinajstić information content (AvgIpc) is 2.82. The van der Waals surface area contributed by atoms with E-state index >= 15 is 0 Å². The summed E-state index contributed by atoms with van der Waals surface area (Å²) in [6, 6.07) is 1.87. The lowest BCUT2D eigenvalue weighted by molar-refractivity contribution is 0.406. The van der Waals surface area contributed by atoms with Crippen LogP contribution >= 0.6 is 27.3 Å². The molecule has 0 bridgehead atoms. The predicted molar refractivity (Wildman–Crippen MR) is 72.5 cm³/mol. The largest absolute Gasteiger partial charge is 0.493 e. The van der Waals surface area contributed by atoms with Crippen LogP contribution in [0.3, 0.4) is 0 Å². The Morgan fingerprint density at radius 3 is 2.82 bits per heavy atom. The van der Waals surface area contributed by atoms with Gasteiger partial charge >= 0.3 is 0 Å². The SMILES string of the molecule is COc1cnn(C)c1C(N)c1cc(C)c(Br)s1. The van der Waals surface area contributed by atoms with Crippen molar-refractivity contribution in [1.82, 2.24) is 9.78 Å². The number of aromatic nitrogens is 2. The molecule has 0 spiro atoms. The van der Waals surface area contributed by atoms with E-state index in [0.717, 1.165) is 20.1 Å². The van der Waals surface area contributed by atoms with Crippen molar-refractivity contribution in [2.45, 2.75) is 13.0 Å². The number of thiophene rings is 1. The summed E-state index contributed by atoms with van der Waals surface area (Å²) in [5.41, 5.74) is 8.35. The molecule has 1 unspecified atom stereocenters. The smallest absolute Gasteiger partial charge is 0.161 e. The van der Waals surface area contributed by atoms with E-state index in [0.29, 0.717) is 0 Å². The van der Waals surface area contributed by atoms with Crippen LogP contribution in [-0.4, -0.2) is 16.9 Å². The summed E-state index contributed by atoms with van der Waals surface area (Å²) in [6.45, 7) is 2.05. The van der Waals surface area contributed by atoms with Gasteiger partial charge in [-0.15, -0.1) is 11.3 Å². The van der Waals surface area contributed by atoms with Gasteiger partial charge in [-0.2, -0.15) is 5.10 Å². The van der Waals surface area contributed by atoms with Crippen molar-refractivity contribution in [3.8, 4) is 5.75 Å². The van der Waals surface area contributed by atoms with Crippen LogP contribution in [0, 0.1) is 6.92 Å². The molecule has 2 N–H and O–H groups in total. The Morgan fingerprint density at radius 1 is 1.59 bits per heavy atom. The lowest BCUT2D eigenvalue weighted by Crippen LogP contribution is -2.15. The minimum atomic E-state index is -0.215. The molecule has 0 saturated carbocycles. The van der Waals surface area contributed by atoms with E-state index in [1.807, 2.05) is 7.05 Å². The van der Waals surface area contributed by atoms with Gasteiger partial charge in [0.05, 0.1) is 23.1 Å². The Morgan fingerprint density at radius 2 is 2.29 bits per heavy atom. The first-order chi connectivity index (χ1) is 8.04. The minimum Gasteiger partial charge on any atom is -0.493 e. The predicted octanol–water partition coefficient (Wildman–Crippen LogP) is 2.61. The van der Waals surface area contributed by atoms with Crippen LogP contribution < -0.4 is 10.5 Å². The minimum absolute atomic E-state index is 0.215. The van der Waals surface area contributed by atoms with Crippen molar-refractivity contribution < 1.29 is 4.74 Å². The molecular formula is C11H14BrN3OS. The van der Waals surface area contributed by atoms with Crippen LogP contribution in [0.4, 0.5) is 0 Å². The van der Waals surface area contributed by atoms with E-state index in [2.05, 4.69) is 34.0 Å². The van der Waals surface area contributed by atoms with E-state index in [4.69, 9.17) is 10.5 Å². The lowest BCUT2D eigenvalue weighted by Gasteiger charge is -2.12. The number of nitrogens with zero attached hydrogens (tertiary/aromatic N) is 2. The normalized spacial score (nSPS) is 12.8. The van der Waals surface area contributed by atoms with Gasteiger partial charge in [0.1, 0.15) is 5.69 Å². The quantitative estimate of drug-likeness (QED) is 0.947. The fourth-order valence-corrected chi connectivity index (χ4v) is 3.29. The van der Waals surface area contributed by atoms with Gasteiger partial charge in [-0.05, 0) is 34.5 Å². The molecule has 0 fully saturated rings. The number of nitrogens with two attached hydrogens (primary N) is 1. The third-order valence-electron chi connectivity index (χ3n) is 2.65. The average molecular weight is 316 g/mol. The molecule has 17 heavy (non-hydrogen) atoms. The highest BCUT2D eigenvalue weighted by atomic mass is 79.9. The fraction of sp³-hybridized carbons (Fsp3) is 0.364. The van der Waals surface area contributed by atoms with Gasteiger partial charge < -0.3 is 10.5 Å². The van der Waals surface area contributed by atoms with Gasteiger partial charge in [-0.3, -0.25) is 4.68 Å². The van der Waals surface area contributed by atoms with Crippen molar-refractivity contribution >= 4 is 27.3 Å². The summed E-state index contributed by atoms with van der Waals surface area (Å²) in [7, 11) is 3.50. The monoisotopic (exact) mass is 315 g/mol. The van der Waals surface area contributed by atoms with Crippen molar-refractivity contribution in [2.75, 3.05) is 7.11 Å². The molecule has 6 heteroatoms. The second-order valence-corrected chi connectivity index (χ2v) is 6.21. The zero-order valence-corrected chi connectivity index (χ0v) is 12.3. The van der Waals surface area contributed by atoms with E-state index in [1.165, 1.54) is 5.56 Å². The maximum absolute atomic E-state index is 6.27. The molecule has 2 rings (SSSR count). The third kappa shape index (κ3) is 2.25. The van der Waals surface area contributed by atoms with E-state index < -0.39 is 0 Å². The van der Waals surface area contributed by atoms with Crippen molar-refractivity contribution in [2.24, 2.45) is 12.8 Å². The topological polar surface area (TPSA) is 53.1 Å². The van der Waals surface area contributed by atoms with Gasteiger partial charge in [0.2, 0.25) is 0 Å². The Labute approximate surface area is 113 Å². The Balaban J connectivity index is 2.42. The molecule has 2 aromatic heterocycles. The van der Waals surface area contributed by atoms with E-state index in [-0.39, 0.29) is 6.04 Å². The molecule has 1 atom stereocenters. The highest BCUT2D eigenvalue weighted by Gasteiger charge is 2.21. The highest BCUT2D eigenvalue weighted by Crippen LogP contribution is 2.35. The number of rotatable bonds is 3. The summed E-state index contributed by atoms with van der Waals surface area (Å²) in [6.07, 6.45) is 1.69. The number of halogens is 1. The molecular weight excluding hydrogens is 302 g/mol. The van der Waals surface area contributed by atoms with Gasteiger partial charge in [-0.25, -0.2) is 0 Å². The van der Waals surface area contributed by atoms with Crippen molar-refractivity contribution in [3.05, 3.63) is 32.2 Å². The number of ether oxygens (including phenoxy) is 1. The fourth-order valence-electron chi connectivity index (χ4n) is 1.71. The number of hydrogen-bond acceptors (Lipinski definition) is 4. The standard InChI is InChI=1S/C11H14BrN3OS/c1-6-4-8(17-11(6)12)9(13)10-7(16-3)5-14-15(10)2/h4-5,9H,13H2,1-3H3. The van der Waals surface area contributed by atoms with Crippen LogP contribution in [0.2, 0.25) is 0 Å². The molecule has 0 aliphatic carbocycles. The highest BCUT2D eigenvalue weighted by molar-refractivity contribution is 9.11. The number of aryl methyl sites for hydroxylation is 2. The first kappa shape index (κ1) is 12.6. The van der Waals surface area contributed by atoms with Gasteiger partial charge in [0.15, 0.2) is 5.75 Å². The summed E-state index contributed by atoms with van der Waals surface area (Å²) in [5, 5.41) is 4.17. The van der Waals surface area contributed by atoms with E-state index in [9.17, 15) is 0 Å². The van der Waals surface area contributed by atoms with Crippen molar-refractivity contribution in [1.29, 1.82) is 0 Å². The maximum atomic E-state index is 6.27. The molecule has 0 aliphatic heterocycles. The molecule has 2 aromatic rings. The van der Waals surface area contributed by atoms with E-state index in [1.54, 1.807) is 29.3 Å². The summed E-state index contributed by atoms with van der Waals surface area (Å²) >= 11 is 5.15. The lowest BCUT2D eigenvalue weighted by atomic mass is 10.1. The molecule has 0 amide bonds. The zero-order chi connectivity index (χ0) is 12.6. The summed E-state index contributed by atoms with van der Waals surface area (Å²) < 4.78 is 8.15. The second-order valence-electron chi connectivity index (χ2n) is 3.80.